The first kappa shape index (κ1) is 18.6. The fourth-order valence-corrected chi connectivity index (χ4v) is 3.31. The number of nitrogens with zero attached hydrogens (tertiary/aromatic N) is 3. The Balaban J connectivity index is 1.60. The number of nitrogens with one attached hydrogen (secondary N) is 2. The van der Waals surface area contributed by atoms with E-state index in [0.717, 1.165) is 45.0 Å². The van der Waals surface area contributed by atoms with E-state index in [1.54, 1.807) is 13.2 Å². The number of aromatic amines is 1. The van der Waals surface area contributed by atoms with E-state index < -0.39 is 0 Å². The molecule has 1 aromatic heterocycles. The highest BCUT2D eigenvalue weighted by Gasteiger charge is 2.26. The van der Waals surface area contributed by atoms with E-state index >= 15 is 0 Å². The Morgan fingerprint density at radius 1 is 1.23 bits per heavy atom. The summed E-state index contributed by atoms with van der Waals surface area (Å²) in [4.78, 5) is 35.2. The quantitative estimate of drug-likeness (QED) is 0.657. The van der Waals surface area contributed by atoms with Crippen LogP contribution in [0.2, 0.25) is 0 Å². The van der Waals surface area contributed by atoms with Crippen LogP contribution in [0, 0.1) is 0 Å². The number of hydrogen-bond acceptors (Lipinski definition) is 4. The molecule has 0 unspecified atom stereocenters. The molecular formula is C18H29N5O3+2. The molecule has 2 fully saturated rings. The minimum Gasteiger partial charge on any atom is -0.378 e. The Morgan fingerprint density at radius 3 is 2.62 bits per heavy atom. The van der Waals surface area contributed by atoms with Crippen molar-refractivity contribution < 1.29 is 24.2 Å². The minimum atomic E-state index is -0.173. The number of carbonyl (C=O) groups excluding carboxylic acids is 2. The highest BCUT2D eigenvalue weighted by molar-refractivity contribution is 5.94. The van der Waals surface area contributed by atoms with Crippen molar-refractivity contribution in [3.63, 3.8) is 0 Å². The van der Waals surface area contributed by atoms with Gasteiger partial charge in [0, 0.05) is 38.0 Å². The number of anilines is 1. The maximum atomic E-state index is 12.7. The lowest BCUT2D eigenvalue weighted by Crippen LogP contribution is -3.12. The number of pyridine rings is 1. The number of likely N-dealkylation sites (N-methyl/N-ethyl adjacent to an activating group) is 2. The molecular weight excluding hydrogens is 334 g/mol. The molecule has 0 saturated carbocycles. The lowest BCUT2D eigenvalue weighted by Gasteiger charge is -2.31. The summed E-state index contributed by atoms with van der Waals surface area (Å²) < 4.78 is 5.38. The number of quaternary nitrogens is 1. The van der Waals surface area contributed by atoms with Gasteiger partial charge in [0.15, 0.2) is 6.20 Å². The lowest BCUT2D eigenvalue weighted by molar-refractivity contribution is -0.883. The van der Waals surface area contributed by atoms with E-state index in [1.807, 2.05) is 17.0 Å². The molecule has 3 heterocycles. The van der Waals surface area contributed by atoms with Gasteiger partial charge in [-0.3, -0.25) is 9.59 Å². The summed E-state index contributed by atoms with van der Waals surface area (Å²) in [6.07, 6.45) is 1.77. The van der Waals surface area contributed by atoms with Crippen molar-refractivity contribution in [2.24, 2.45) is 0 Å². The number of carbonyl (C=O) groups is 2. The first-order chi connectivity index (χ1) is 12.5. The summed E-state index contributed by atoms with van der Waals surface area (Å²) in [6.45, 7) is 6.56. The molecule has 8 nitrogen and oxygen atoms in total. The zero-order chi connectivity index (χ0) is 18.5. The summed E-state index contributed by atoms with van der Waals surface area (Å²) in [6, 6.07) is 3.81. The van der Waals surface area contributed by atoms with Gasteiger partial charge in [-0.1, -0.05) is 0 Å². The van der Waals surface area contributed by atoms with E-state index in [-0.39, 0.29) is 18.4 Å². The minimum absolute atomic E-state index is 0.0117. The standard InChI is InChI=1S/C18H27N5O3/c1-20-5-7-23(8-6-20)17(24)14-21(2)18(25)16-13-15(3-4-19-16)22-9-11-26-12-10-22/h3-4,13H,5-12,14H2,1-2H3/p+2. The summed E-state index contributed by atoms with van der Waals surface area (Å²) in [5, 5.41) is 0. The van der Waals surface area contributed by atoms with Crippen LogP contribution in [-0.2, 0) is 9.53 Å². The monoisotopic (exact) mass is 363 g/mol. The van der Waals surface area contributed by atoms with Crippen molar-refractivity contribution in [2.75, 3.05) is 78.0 Å². The average Bonchev–Trinajstić information content (AvgIpc) is 2.68. The molecule has 0 aromatic carbocycles. The summed E-state index contributed by atoms with van der Waals surface area (Å²) in [5.41, 5.74) is 1.49. The SMILES string of the molecule is CN(CC(=O)N1CC[NH+](C)CC1)C(=O)c1cc(N2CCOCC2)cc[nH+]1. The first-order valence-electron chi connectivity index (χ1n) is 9.23. The van der Waals surface area contributed by atoms with Gasteiger partial charge in [0.25, 0.3) is 5.69 Å². The molecule has 0 spiro atoms. The lowest BCUT2D eigenvalue weighted by atomic mass is 10.2. The maximum absolute atomic E-state index is 12.7. The predicted octanol–water partition coefficient (Wildman–Crippen LogP) is -2.23. The van der Waals surface area contributed by atoms with Crippen LogP contribution in [0.25, 0.3) is 0 Å². The third-order valence-electron chi connectivity index (χ3n) is 5.08. The molecule has 142 valence electrons. The normalized spacial score (nSPS) is 18.7. The van der Waals surface area contributed by atoms with Crippen molar-refractivity contribution >= 4 is 17.5 Å². The molecule has 2 N–H and O–H groups in total. The first-order valence-corrected chi connectivity index (χ1v) is 9.23. The van der Waals surface area contributed by atoms with E-state index in [2.05, 4.69) is 16.9 Å². The second-order valence-electron chi connectivity index (χ2n) is 7.06. The molecule has 0 aliphatic carbocycles. The Hall–Kier alpha value is -2.19. The van der Waals surface area contributed by atoms with Crippen LogP contribution in [-0.4, -0.2) is 94.7 Å². The number of amides is 2. The van der Waals surface area contributed by atoms with Crippen LogP contribution in [0.3, 0.4) is 0 Å². The van der Waals surface area contributed by atoms with Crippen molar-refractivity contribution in [3.8, 4) is 0 Å². The van der Waals surface area contributed by atoms with Gasteiger partial charge < -0.3 is 24.3 Å². The topological polar surface area (TPSA) is 71.7 Å². The van der Waals surface area contributed by atoms with Gasteiger partial charge in [-0.15, -0.1) is 0 Å². The molecule has 8 heteroatoms. The second kappa shape index (κ2) is 8.46. The van der Waals surface area contributed by atoms with Gasteiger partial charge in [-0.25, -0.2) is 4.98 Å². The van der Waals surface area contributed by atoms with Gasteiger partial charge in [-0.05, 0) is 0 Å². The molecule has 0 radical (unpaired) electrons. The molecule has 1 aromatic rings. The average molecular weight is 363 g/mol. The number of piperazine rings is 1. The number of aromatic nitrogens is 1. The van der Waals surface area contributed by atoms with E-state index in [4.69, 9.17) is 4.74 Å². The van der Waals surface area contributed by atoms with Crippen LogP contribution >= 0.6 is 0 Å². The van der Waals surface area contributed by atoms with Crippen molar-refractivity contribution in [1.82, 2.24) is 9.80 Å². The summed E-state index contributed by atoms with van der Waals surface area (Å²) in [7, 11) is 3.81. The zero-order valence-electron chi connectivity index (χ0n) is 15.7. The van der Waals surface area contributed by atoms with Crippen molar-refractivity contribution in [1.29, 1.82) is 0 Å². The van der Waals surface area contributed by atoms with Crippen LogP contribution < -0.4 is 14.8 Å². The third-order valence-corrected chi connectivity index (χ3v) is 5.08. The van der Waals surface area contributed by atoms with Crippen molar-refractivity contribution in [2.45, 2.75) is 0 Å². The van der Waals surface area contributed by atoms with Gasteiger partial charge in [0.2, 0.25) is 5.91 Å². The maximum Gasteiger partial charge on any atom is 0.318 e. The number of morpholine rings is 1. The predicted molar refractivity (Wildman–Crippen MR) is 96.2 cm³/mol. The summed E-state index contributed by atoms with van der Waals surface area (Å²) >= 11 is 0. The van der Waals surface area contributed by atoms with Crippen LogP contribution in [0.1, 0.15) is 10.5 Å². The second-order valence-corrected chi connectivity index (χ2v) is 7.06. The Kier molecular flexibility index (Phi) is 6.05. The smallest absolute Gasteiger partial charge is 0.318 e. The number of H-pyrrole nitrogens is 1. The fourth-order valence-electron chi connectivity index (χ4n) is 3.31. The zero-order valence-corrected chi connectivity index (χ0v) is 15.7. The van der Waals surface area contributed by atoms with Crippen LogP contribution in [0.15, 0.2) is 18.3 Å². The van der Waals surface area contributed by atoms with E-state index in [0.29, 0.717) is 18.9 Å². The highest BCUT2D eigenvalue weighted by atomic mass is 16.5. The van der Waals surface area contributed by atoms with Crippen LogP contribution in [0.4, 0.5) is 5.69 Å². The fraction of sp³-hybridized carbons (Fsp3) is 0.611. The molecule has 0 atom stereocenters. The molecule has 2 aliphatic heterocycles. The Bertz CT molecular complexity index is 639. The molecule has 2 amide bonds. The van der Waals surface area contributed by atoms with Crippen LogP contribution in [0.5, 0.6) is 0 Å². The highest BCUT2D eigenvalue weighted by Crippen LogP contribution is 2.15. The van der Waals surface area contributed by atoms with Gasteiger partial charge in [0.1, 0.15) is 0 Å². The number of rotatable bonds is 4. The van der Waals surface area contributed by atoms with Gasteiger partial charge in [-0.2, -0.15) is 0 Å². The van der Waals surface area contributed by atoms with E-state index in [1.165, 1.54) is 9.80 Å². The molecule has 0 bridgehead atoms. The third kappa shape index (κ3) is 4.50. The van der Waals surface area contributed by atoms with Gasteiger partial charge >= 0.3 is 5.91 Å². The van der Waals surface area contributed by atoms with E-state index in [9.17, 15) is 9.59 Å². The number of hydrogen-bond donors (Lipinski definition) is 1. The summed E-state index contributed by atoms with van der Waals surface area (Å²) in [5.74, 6) is -0.161. The Morgan fingerprint density at radius 2 is 1.92 bits per heavy atom. The van der Waals surface area contributed by atoms with Crippen molar-refractivity contribution in [3.05, 3.63) is 24.0 Å². The molecule has 2 aliphatic rings. The molecule has 3 rings (SSSR count). The number of ether oxygens (including phenoxy) is 1. The molecule has 26 heavy (non-hydrogen) atoms. The largest absolute Gasteiger partial charge is 0.378 e. The Labute approximate surface area is 154 Å². The van der Waals surface area contributed by atoms with Gasteiger partial charge in [0.05, 0.1) is 53.0 Å². The molecule has 2 saturated heterocycles.